The summed E-state index contributed by atoms with van der Waals surface area (Å²) in [5.74, 6) is -3.61. The first kappa shape index (κ1) is 24.8. The van der Waals surface area contributed by atoms with E-state index in [1.807, 2.05) is 10.8 Å². The van der Waals surface area contributed by atoms with Crippen LogP contribution in [-0.4, -0.2) is 26.3 Å². The first-order valence-corrected chi connectivity index (χ1v) is 11.4. The van der Waals surface area contributed by atoms with Crippen LogP contribution in [0, 0.1) is 23.1 Å². The number of anilines is 1. The van der Waals surface area contributed by atoms with Gasteiger partial charge in [-0.25, -0.2) is 17.5 Å². The monoisotopic (exact) mass is 457 g/mol. The standard InChI is InChI=1S/C23H24FN3O4S/c1-17(2)27(20-12-10-19(24)11-13-20)23(29)21(9-6-15-25)22(28)26-32(30,31)16-14-18-7-4-3-5-8-18/h3-5,7-8,10-14,16-17,21H,6,9H2,1-2H3,(H,26,28)/b16-14+. The van der Waals surface area contributed by atoms with Gasteiger partial charge >= 0.3 is 0 Å². The molecule has 0 aliphatic rings. The van der Waals surface area contributed by atoms with E-state index in [1.165, 1.54) is 35.2 Å². The highest BCUT2D eigenvalue weighted by atomic mass is 32.2. The molecule has 1 unspecified atom stereocenters. The molecule has 0 aliphatic carbocycles. The van der Waals surface area contributed by atoms with Gasteiger partial charge in [0.05, 0.1) is 11.5 Å². The van der Waals surface area contributed by atoms with Crippen LogP contribution in [0.4, 0.5) is 10.1 Å². The molecule has 2 aromatic carbocycles. The highest BCUT2D eigenvalue weighted by molar-refractivity contribution is 7.93. The minimum absolute atomic E-state index is 0.126. The van der Waals surface area contributed by atoms with Gasteiger partial charge in [-0.3, -0.25) is 9.59 Å². The van der Waals surface area contributed by atoms with Gasteiger partial charge in [0.15, 0.2) is 0 Å². The summed E-state index contributed by atoms with van der Waals surface area (Å²) in [6, 6.07) is 15.2. The first-order chi connectivity index (χ1) is 15.1. The zero-order valence-electron chi connectivity index (χ0n) is 17.7. The van der Waals surface area contributed by atoms with Crippen molar-refractivity contribution in [3.05, 3.63) is 71.4 Å². The fourth-order valence-corrected chi connectivity index (χ4v) is 3.83. The topological polar surface area (TPSA) is 107 Å². The molecule has 0 aromatic heterocycles. The Bertz CT molecular complexity index is 1110. The molecule has 7 nitrogen and oxygen atoms in total. The maximum Gasteiger partial charge on any atom is 0.257 e. The molecule has 0 radical (unpaired) electrons. The molecule has 0 saturated carbocycles. The van der Waals surface area contributed by atoms with Gasteiger partial charge in [0.25, 0.3) is 10.0 Å². The van der Waals surface area contributed by atoms with E-state index >= 15 is 0 Å². The normalized spacial score (nSPS) is 12.3. The Labute approximate surface area is 187 Å². The Morgan fingerprint density at radius 3 is 2.31 bits per heavy atom. The summed E-state index contributed by atoms with van der Waals surface area (Å²) < 4.78 is 40.0. The largest absolute Gasteiger partial charge is 0.309 e. The number of carbonyl (C=O) groups is 2. The van der Waals surface area contributed by atoms with E-state index < -0.39 is 39.6 Å². The van der Waals surface area contributed by atoms with E-state index in [4.69, 9.17) is 5.26 Å². The lowest BCUT2D eigenvalue weighted by molar-refractivity contribution is -0.133. The minimum Gasteiger partial charge on any atom is -0.309 e. The third-order valence-corrected chi connectivity index (χ3v) is 5.48. The Hall–Kier alpha value is -3.51. The van der Waals surface area contributed by atoms with E-state index in [0.29, 0.717) is 11.3 Å². The summed E-state index contributed by atoms with van der Waals surface area (Å²) >= 11 is 0. The van der Waals surface area contributed by atoms with Crippen LogP contribution in [0.15, 0.2) is 60.0 Å². The van der Waals surface area contributed by atoms with Crippen molar-refractivity contribution in [1.29, 1.82) is 5.26 Å². The van der Waals surface area contributed by atoms with E-state index in [2.05, 4.69) is 0 Å². The predicted molar refractivity (Wildman–Crippen MR) is 120 cm³/mol. The molecule has 168 valence electrons. The van der Waals surface area contributed by atoms with E-state index in [-0.39, 0.29) is 12.8 Å². The van der Waals surface area contributed by atoms with Crippen molar-refractivity contribution < 1.29 is 22.4 Å². The maximum absolute atomic E-state index is 13.3. The number of hydrogen-bond acceptors (Lipinski definition) is 5. The van der Waals surface area contributed by atoms with Crippen molar-refractivity contribution in [3.63, 3.8) is 0 Å². The van der Waals surface area contributed by atoms with Gasteiger partial charge in [-0.2, -0.15) is 5.26 Å². The number of benzene rings is 2. The van der Waals surface area contributed by atoms with Crippen LogP contribution in [0.3, 0.4) is 0 Å². The average molecular weight is 458 g/mol. The van der Waals surface area contributed by atoms with Crippen LogP contribution in [-0.2, 0) is 19.6 Å². The van der Waals surface area contributed by atoms with Gasteiger partial charge in [0.2, 0.25) is 11.8 Å². The SMILES string of the molecule is CC(C)N(C(=O)C(CCC#N)C(=O)NS(=O)(=O)/C=C/c1ccccc1)c1ccc(F)cc1. The summed E-state index contributed by atoms with van der Waals surface area (Å²) in [5, 5.41) is 9.78. The molecule has 1 atom stereocenters. The lowest BCUT2D eigenvalue weighted by atomic mass is 10.00. The third kappa shape index (κ3) is 7.03. The molecule has 9 heteroatoms. The average Bonchev–Trinajstić information content (AvgIpc) is 2.74. The van der Waals surface area contributed by atoms with Crippen LogP contribution in [0.5, 0.6) is 0 Å². The molecule has 2 aromatic rings. The molecule has 0 bridgehead atoms. The number of amides is 2. The Morgan fingerprint density at radius 1 is 1.12 bits per heavy atom. The lowest BCUT2D eigenvalue weighted by Gasteiger charge is -2.30. The summed E-state index contributed by atoms with van der Waals surface area (Å²) in [5.41, 5.74) is 0.970. The lowest BCUT2D eigenvalue weighted by Crippen LogP contribution is -2.47. The summed E-state index contributed by atoms with van der Waals surface area (Å²) in [6.07, 6.45) is 1.03. The number of carbonyl (C=O) groups excluding carboxylic acids is 2. The van der Waals surface area contributed by atoms with Crippen molar-refractivity contribution in [3.8, 4) is 6.07 Å². The van der Waals surface area contributed by atoms with Gasteiger partial charge in [-0.05, 0) is 56.2 Å². The summed E-state index contributed by atoms with van der Waals surface area (Å²) in [7, 11) is -4.18. The van der Waals surface area contributed by atoms with Gasteiger partial charge in [-0.15, -0.1) is 0 Å². The molecule has 0 heterocycles. The van der Waals surface area contributed by atoms with Gasteiger partial charge in [-0.1, -0.05) is 30.3 Å². The van der Waals surface area contributed by atoms with Crippen LogP contribution in [0.2, 0.25) is 0 Å². The molecule has 32 heavy (non-hydrogen) atoms. The van der Waals surface area contributed by atoms with Crippen molar-refractivity contribution in [2.24, 2.45) is 5.92 Å². The Balaban J connectivity index is 2.27. The molecular formula is C23H24FN3O4S. The molecule has 0 spiro atoms. The molecule has 2 amide bonds. The predicted octanol–water partition coefficient (Wildman–Crippen LogP) is 3.60. The smallest absolute Gasteiger partial charge is 0.257 e. The first-order valence-electron chi connectivity index (χ1n) is 9.90. The summed E-state index contributed by atoms with van der Waals surface area (Å²) in [6.45, 7) is 3.42. The number of nitrogens with zero attached hydrogens (tertiary/aromatic N) is 2. The van der Waals surface area contributed by atoms with Gasteiger partial charge in [0.1, 0.15) is 11.7 Å². The number of sulfonamides is 1. The van der Waals surface area contributed by atoms with Crippen LogP contribution >= 0.6 is 0 Å². The molecule has 0 saturated heterocycles. The number of nitrogens with one attached hydrogen (secondary N) is 1. The Morgan fingerprint density at radius 2 is 1.75 bits per heavy atom. The van der Waals surface area contributed by atoms with Crippen LogP contribution < -0.4 is 9.62 Å². The Kier molecular flexibility index (Phi) is 8.67. The van der Waals surface area contributed by atoms with Crippen LogP contribution in [0.1, 0.15) is 32.3 Å². The van der Waals surface area contributed by atoms with Crippen molar-refractivity contribution in [2.45, 2.75) is 32.7 Å². The molecule has 1 N–H and O–H groups in total. The maximum atomic E-state index is 13.3. The van der Waals surface area contributed by atoms with E-state index in [9.17, 15) is 22.4 Å². The number of hydrogen-bond donors (Lipinski definition) is 1. The zero-order chi connectivity index (χ0) is 23.7. The van der Waals surface area contributed by atoms with Crippen molar-refractivity contribution in [2.75, 3.05) is 4.90 Å². The fourth-order valence-electron chi connectivity index (χ4n) is 3.00. The highest BCUT2D eigenvalue weighted by Gasteiger charge is 2.34. The van der Waals surface area contributed by atoms with Crippen LogP contribution in [0.25, 0.3) is 6.08 Å². The van der Waals surface area contributed by atoms with Crippen molar-refractivity contribution in [1.82, 2.24) is 4.72 Å². The fraction of sp³-hybridized carbons (Fsp3) is 0.261. The molecular weight excluding hydrogens is 433 g/mol. The second-order valence-electron chi connectivity index (χ2n) is 7.25. The second kappa shape index (κ2) is 11.2. The van der Waals surface area contributed by atoms with E-state index in [1.54, 1.807) is 44.2 Å². The van der Waals surface area contributed by atoms with E-state index in [0.717, 1.165) is 5.41 Å². The zero-order valence-corrected chi connectivity index (χ0v) is 18.5. The van der Waals surface area contributed by atoms with Crippen molar-refractivity contribution >= 4 is 33.6 Å². The number of halogens is 1. The number of nitriles is 1. The summed E-state index contributed by atoms with van der Waals surface area (Å²) in [4.78, 5) is 27.3. The minimum atomic E-state index is -4.18. The quantitative estimate of drug-likeness (QED) is 0.579. The molecule has 2 rings (SSSR count). The third-order valence-electron chi connectivity index (χ3n) is 4.50. The van der Waals surface area contributed by atoms with Gasteiger partial charge in [0, 0.05) is 18.2 Å². The molecule has 0 aliphatic heterocycles. The second-order valence-corrected chi connectivity index (χ2v) is 8.82. The van der Waals surface area contributed by atoms with Gasteiger partial charge < -0.3 is 4.90 Å². The highest BCUT2D eigenvalue weighted by Crippen LogP contribution is 2.22. The number of rotatable bonds is 9. The molecule has 0 fully saturated rings.